The minimum atomic E-state index is -5.88. The molecule has 0 aromatic carbocycles. The van der Waals surface area contributed by atoms with Crippen molar-refractivity contribution in [1.82, 2.24) is 15.1 Å². The fourth-order valence-electron chi connectivity index (χ4n) is 2.06. The first-order valence-electron chi connectivity index (χ1n) is 6.54. The second-order valence-electron chi connectivity index (χ2n) is 5.86. The van der Waals surface area contributed by atoms with Crippen molar-refractivity contribution in [1.29, 1.82) is 0 Å². The summed E-state index contributed by atoms with van der Waals surface area (Å²) in [5.41, 5.74) is -0.696. The predicted molar refractivity (Wildman–Crippen MR) is 67.2 cm³/mol. The van der Waals surface area contributed by atoms with E-state index < -0.39 is 23.5 Å². The summed E-state index contributed by atoms with van der Waals surface area (Å²) in [6.45, 7) is 5.99. The Hall–Kier alpha value is -0.960. The number of nitrogens with one attached hydrogen (secondary N) is 1. The molecule has 0 aromatic heterocycles. The second-order valence-corrected chi connectivity index (χ2v) is 5.86. The monoisotopic (exact) mass is 317 g/mol. The lowest BCUT2D eigenvalue weighted by Gasteiger charge is -2.43. The van der Waals surface area contributed by atoms with Gasteiger partial charge < -0.3 is 10.2 Å². The average molecular weight is 317 g/mol. The van der Waals surface area contributed by atoms with Gasteiger partial charge in [-0.3, -0.25) is 9.69 Å². The zero-order valence-electron chi connectivity index (χ0n) is 12.2. The van der Waals surface area contributed by atoms with Crippen LogP contribution in [0.3, 0.4) is 0 Å². The molecular weight excluding hydrogens is 297 g/mol. The Labute approximate surface area is 120 Å². The van der Waals surface area contributed by atoms with Crippen molar-refractivity contribution in [3.05, 3.63) is 0 Å². The van der Waals surface area contributed by atoms with Crippen molar-refractivity contribution in [3.63, 3.8) is 0 Å². The molecule has 1 saturated heterocycles. The largest absolute Gasteiger partial charge is 0.463 e. The van der Waals surface area contributed by atoms with Crippen molar-refractivity contribution >= 4 is 5.91 Å². The van der Waals surface area contributed by atoms with Crippen LogP contribution in [-0.2, 0) is 4.79 Å². The number of alkyl halides is 5. The molecule has 1 rings (SSSR count). The summed E-state index contributed by atoms with van der Waals surface area (Å²) in [7, 11) is 1.94. The van der Waals surface area contributed by atoms with Gasteiger partial charge in [-0.25, -0.2) is 0 Å². The second kappa shape index (κ2) is 6.04. The first kappa shape index (κ1) is 18.1. The van der Waals surface area contributed by atoms with Gasteiger partial charge >= 0.3 is 12.1 Å². The molecule has 0 atom stereocenters. The lowest BCUT2D eigenvalue weighted by Crippen LogP contribution is -2.60. The highest BCUT2D eigenvalue weighted by atomic mass is 19.4. The molecule has 1 heterocycles. The van der Waals surface area contributed by atoms with Crippen LogP contribution in [-0.4, -0.2) is 73.1 Å². The minimum Gasteiger partial charge on any atom is -0.349 e. The van der Waals surface area contributed by atoms with Gasteiger partial charge in [-0.1, -0.05) is 0 Å². The summed E-state index contributed by atoms with van der Waals surface area (Å²) in [6.07, 6.45) is -5.88. The van der Waals surface area contributed by atoms with Crippen LogP contribution in [0.1, 0.15) is 13.8 Å². The molecule has 0 aliphatic carbocycles. The van der Waals surface area contributed by atoms with Gasteiger partial charge in [0.1, 0.15) is 0 Å². The van der Waals surface area contributed by atoms with Gasteiger partial charge in [0.15, 0.2) is 0 Å². The minimum absolute atomic E-state index is 0.277. The van der Waals surface area contributed by atoms with E-state index in [2.05, 4.69) is 4.90 Å². The molecule has 0 spiro atoms. The number of carbonyl (C=O) groups is 1. The average Bonchev–Trinajstić information content (AvgIpc) is 2.35. The topological polar surface area (TPSA) is 35.6 Å². The lowest BCUT2D eigenvalue weighted by molar-refractivity contribution is -0.269. The first-order chi connectivity index (χ1) is 9.38. The van der Waals surface area contributed by atoms with E-state index in [1.807, 2.05) is 11.9 Å². The van der Waals surface area contributed by atoms with Crippen LogP contribution in [0, 0.1) is 0 Å². The Morgan fingerprint density at radius 1 is 1.05 bits per heavy atom. The van der Waals surface area contributed by atoms with Crippen molar-refractivity contribution in [2.24, 2.45) is 0 Å². The molecule has 1 amide bonds. The molecule has 21 heavy (non-hydrogen) atoms. The van der Waals surface area contributed by atoms with E-state index in [0.29, 0.717) is 13.1 Å². The van der Waals surface area contributed by atoms with E-state index in [-0.39, 0.29) is 6.54 Å². The standard InChI is InChI=1S/C12H20F5N3O/c1-10(2,20-6-4-19(3)5-7-20)8-18-9(21)11(13,14)12(15,16)17/h4-8H2,1-3H3,(H,18,21). The zero-order valence-corrected chi connectivity index (χ0v) is 12.2. The zero-order chi connectivity index (χ0) is 16.5. The summed E-state index contributed by atoms with van der Waals surface area (Å²) >= 11 is 0. The molecule has 1 aliphatic heterocycles. The molecule has 0 aromatic rings. The Bertz CT molecular complexity index is 376. The van der Waals surface area contributed by atoms with Gasteiger partial charge in [0.25, 0.3) is 5.91 Å². The summed E-state index contributed by atoms with van der Waals surface area (Å²) in [5, 5.41) is 1.71. The Morgan fingerprint density at radius 2 is 1.52 bits per heavy atom. The van der Waals surface area contributed by atoms with Gasteiger partial charge in [-0.15, -0.1) is 0 Å². The van der Waals surface area contributed by atoms with Crippen LogP contribution in [0.25, 0.3) is 0 Å². The normalized spacial score (nSPS) is 19.6. The van der Waals surface area contributed by atoms with Crippen molar-refractivity contribution in [2.45, 2.75) is 31.5 Å². The summed E-state index contributed by atoms with van der Waals surface area (Å²) in [5.74, 6) is -7.68. The van der Waals surface area contributed by atoms with Crippen LogP contribution in [0.5, 0.6) is 0 Å². The molecule has 0 radical (unpaired) electrons. The van der Waals surface area contributed by atoms with E-state index in [9.17, 15) is 26.7 Å². The van der Waals surface area contributed by atoms with E-state index in [4.69, 9.17) is 0 Å². The maximum Gasteiger partial charge on any atom is 0.463 e. The van der Waals surface area contributed by atoms with Crippen molar-refractivity contribution < 1.29 is 26.7 Å². The SMILES string of the molecule is CN1CCN(C(C)(C)CNC(=O)C(F)(F)C(F)(F)F)CC1. The van der Waals surface area contributed by atoms with Gasteiger partial charge in [0, 0.05) is 38.3 Å². The Balaban J connectivity index is 2.59. The number of nitrogens with zero attached hydrogens (tertiary/aromatic N) is 2. The Kier molecular flexibility index (Phi) is 5.20. The molecule has 1 aliphatic rings. The summed E-state index contributed by atoms with van der Waals surface area (Å²) < 4.78 is 61.9. The number of hydrogen-bond donors (Lipinski definition) is 1. The number of rotatable bonds is 4. The van der Waals surface area contributed by atoms with Crippen LogP contribution in [0.4, 0.5) is 22.0 Å². The van der Waals surface area contributed by atoms with E-state index >= 15 is 0 Å². The van der Waals surface area contributed by atoms with Crippen LogP contribution in [0.2, 0.25) is 0 Å². The molecule has 0 unspecified atom stereocenters. The number of halogens is 5. The Morgan fingerprint density at radius 3 is 1.95 bits per heavy atom. The fraction of sp³-hybridized carbons (Fsp3) is 0.917. The number of likely N-dealkylation sites (N-methyl/N-ethyl adjacent to an activating group) is 1. The fourth-order valence-corrected chi connectivity index (χ4v) is 2.06. The number of piperazine rings is 1. The highest BCUT2D eigenvalue weighted by Crippen LogP contribution is 2.35. The van der Waals surface area contributed by atoms with E-state index in [1.54, 1.807) is 19.2 Å². The third-order valence-electron chi connectivity index (χ3n) is 3.68. The molecule has 9 heteroatoms. The quantitative estimate of drug-likeness (QED) is 0.795. The van der Waals surface area contributed by atoms with E-state index in [0.717, 1.165) is 13.1 Å². The number of carbonyl (C=O) groups excluding carboxylic acids is 1. The van der Waals surface area contributed by atoms with Gasteiger partial charge in [-0.2, -0.15) is 22.0 Å². The highest BCUT2D eigenvalue weighted by Gasteiger charge is 2.63. The molecule has 124 valence electrons. The predicted octanol–water partition coefficient (Wildman–Crippen LogP) is 1.33. The van der Waals surface area contributed by atoms with Crippen LogP contribution in [0.15, 0.2) is 0 Å². The van der Waals surface area contributed by atoms with Crippen LogP contribution >= 0.6 is 0 Å². The molecule has 1 N–H and O–H groups in total. The third-order valence-corrected chi connectivity index (χ3v) is 3.68. The first-order valence-corrected chi connectivity index (χ1v) is 6.54. The van der Waals surface area contributed by atoms with Gasteiger partial charge in [-0.05, 0) is 20.9 Å². The van der Waals surface area contributed by atoms with Crippen LogP contribution < -0.4 is 5.32 Å². The molecule has 4 nitrogen and oxygen atoms in total. The molecule has 0 bridgehead atoms. The maximum atomic E-state index is 12.8. The highest BCUT2D eigenvalue weighted by molar-refractivity contribution is 5.84. The van der Waals surface area contributed by atoms with Gasteiger partial charge in [0.2, 0.25) is 0 Å². The maximum absolute atomic E-state index is 12.8. The van der Waals surface area contributed by atoms with Crippen molar-refractivity contribution in [3.8, 4) is 0 Å². The summed E-state index contributed by atoms with van der Waals surface area (Å²) in [6, 6.07) is 0. The number of hydrogen-bond acceptors (Lipinski definition) is 3. The van der Waals surface area contributed by atoms with Gasteiger partial charge in [0.05, 0.1) is 0 Å². The number of amides is 1. The molecular formula is C12H20F5N3O. The van der Waals surface area contributed by atoms with E-state index in [1.165, 1.54) is 0 Å². The summed E-state index contributed by atoms with van der Waals surface area (Å²) in [4.78, 5) is 15.1. The molecule has 1 fully saturated rings. The van der Waals surface area contributed by atoms with Crippen molar-refractivity contribution in [2.75, 3.05) is 39.8 Å². The smallest absolute Gasteiger partial charge is 0.349 e. The lowest BCUT2D eigenvalue weighted by atomic mass is 10.0. The molecule has 0 saturated carbocycles. The third kappa shape index (κ3) is 4.26.